The van der Waals surface area contributed by atoms with Crippen LogP contribution in [0.1, 0.15) is 18.9 Å². The van der Waals surface area contributed by atoms with Gasteiger partial charge in [0.2, 0.25) is 0 Å². The van der Waals surface area contributed by atoms with Crippen molar-refractivity contribution in [2.45, 2.75) is 25.8 Å². The molecule has 2 rings (SSSR count). The maximum atomic E-state index is 6.09. The number of pyridine rings is 1. The van der Waals surface area contributed by atoms with Crippen LogP contribution in [0.2, 0.25) is 5.02 Å². The lowest BCUT2D eigenvalue weighted by Gasteiger charge is -2.11. The predicted octanol–water partition coefficient (Wildman–Crippen LogP) is 2.26. The number of nitrogens with two attached hydrogens (primary N) is 1. The molecule has 0 aromatic carbocycles. The van der Waals surface area contributed by atoms with Gasteiger partial charge in [-0.3, -0.25) is 4.98 Å². The molecule has 3 unspecified atom stereocenters. The minimum Gasteiger partial charge on any atom is -0.327 e. The molecular weight excluding hydrogens is 196 g/mol. The van der Waals surface area contributed by atoms with Crippen LogP contribution in [0.5, 0.6) is 0 Å². The first-order valence-electron chi connectivity index (χ1n) is 5.02. The molecule has 1 aromatic heterocycles. The first kappa shape index (κ1) is 9.94. The summed E-state index contributed by atoms with van der Waals surface area (Å²) in [5.74, 6) is 1.49. The Balaban J connectivity index is 2.00. The molecule has 0 radical (unpaired) electrons. The molecule has 1 aromatic rings. The van der Waals surface area contributed by atoms with Gasteiger partial charge in [-0.05, 0) is 36.3 Å². The van der Waals surface area contributed by atoms with Crippen molar-refractivity contribution in [2.24, 2.45) is 17.6 Å². The first-order chi connectivity index (χ1) is 6.68. The van der Waals surface area contributed by atoms with Crippen LogP contribution in [0, 0.1) is 11.8 Å². The molecule has 1 fully saturated rings. The van der Waals surface area contributed by atoms with Crippen LogP contribution >= 0.6 is 11.6 Å². The normalized spacial score (nSPS) is 27.4. The topological polar surface area (TPSA) is 38.9 Å². The zero-order valence-electron chi connectivity index (χ0n) is 8.28. The Morgan fingerprint density at radius 3 is 3.00 bits per heavy atom. The Bertz CT molecular complexity index is 327. The Morgan fingerprint density at radius 1 is 1.71 bits per heavy atom. The summed E-state index contributed by atoms with van der Waals surface area (Å²) in [6.45, 7) is 2.25. The van der Waals surface area contributed by atoms with Gasteiger partial charge >= 0.3 is 0 Å². The zero-order chi connectivity index (χ0) is 10.1. The van der Waals surface area contributed by atoms with Gasteiger partial charge in [0.25, 0.3) is 0 Å². The van der Waals surface area contributed by atoms with Crippen LogP contribution in [0.25, 0.3) is 0 Å². The molecule has 2 nitrogen and oxygen atoms in total. The van der Waals surface area contributed by atoms with Gasteiger partial charge in [0.05, 0.1) is 5.02 Å². The molecule has 0 aliphatic heterocycles. The van der Waals surface area contributed by atoms with Gasteiger partial charge in [0.15, 0.2) is 0 Å². The van der Waals surface area contributed by atoms with Crippen molar-refractivity contribution in [1.29, 1.82) is 0 Å². The maximum absolute atomic E-state index is 6.09. The second-order valence-electron chi connectivity index (χ2n) is 4.21. The van der Waals surface area contributed by atoms with Crippen LogP contribution in [0.4, 0.5) is 0 Å². The molecule has 76 valence electrons. The quantitative estimate of drug-likeness (QED) is 0.831. The van der Waals surface area contributed by atoms with E-state index in [0.29, 0.717) is 5.92 Å². The van der Waals surface area contributed by atoms with E-state index in [2.05, 4.69) is 11.9 Å². The summed E-state index contributed by atoms with van der Waals surface area (Å²) in [6, 6.07) is 2.21. The summed E-state index contributed by atoms with van der Waals surface area (Å²) in [5.41, 5.74) is 7.21. The summed E-state index contributed by atoms with van der Waals surface area (Å²) in [4.78, 5) is 3.95. The predicted molar refractivity (Wildman–Crippen MR) is 58.2 cm³/mol. The second kappa shape index (κ2) is 3.87. The fourth-order valence-corrected chi connectivity index (χ4v) is 2.12. The number of hydrogen-bond acceptors (Lipinski definition) is 2. The number of hydrogen-bond donors (Lipinski definition) is 1. The highest BCUT2D eigenvalue weighted by Gasteiger charge is 2.37. The van der Waals surface area contributed by atoms with Crippen LogP contribution in [-0.2, 0) is 6.42 Å². The van der Waals surface area contributed by atoms with Crippen molar-refractivity contribution in [2.75, 3.05) is 0 Å². The van der Waals surface area contributed by atoms with Gasteiger partial charge in [-0.2, -0.15) is 0 Å². The fraction of sp³-hybridized carbons (Fsp3) is 0.545. The second-order valence-corrected chi connectivity index (χ2v) is 4.62. The molecule has 1 saturated carbocycles. The average molecular weight is 211 g/mol. The van der Waals surface area contributed by atoms with Gasteiger partial charge in [-0.15, -0.1) is 0 Å². The Morgan fingerprint density at radius 2 is 2.43 bits per heavy atom. The van der Waals surface area contributed by atoms with Crippen molar-refractivity contribution in [3.05, 3.63) is 29.0 Å². The standard InChI is InChI=1S/C11H15ClN2/c1-7-4-9(7)11(13)5-8-2-3-14-6-10(8)12/h2-3,6-7,9,11H,4-5,13H2,1H3. The highest BCUT2D eigenvalue weighted by Crippen LogP contribution is 2.40. The van der Waals surface area contributed by atoms with Crippen LogP contribution in [0.3, 0.4) is 0 Å². The molecule has 0 bridgehead atoms. The van der Waals surface area contributed by atoms with Gasteiger partial charge in [-0.25, -0.2) is 0 Å². The fourth-order valence-electron chi connectivity index (χ4n) is 1.92. The number of aromatic nitrogens is 1. The van der Waals surface area contributed by atoms with Crippen LogP contribution in [0.15, 0.2) is 18.5 Å². The third-order valence-corrected chi connectivity index (χ3v) is 3.37. The van der Waals surface area contributed by atoms with E-state index >= 15 is 0 Å². The van der Waals surface area contributed by atoms with E-state index in [1.165, 1.54) is 6.42 Å². The van der Waals surface area contributed by atoms with E-state index < -0.39 is 0 Å². The largest absolute Gasteiger partial charge is 0.327 e. The van der Waals surface area contributed by atoms with Crippen molar-refractivity contribution in [1.82, 2.24) is 4.98 Å². The summed E-state index contributed by atoms with van der Waals surface area (Å²) >= 11 is 6.01. The van der Waals surface area contributed by atoms with Crippen LogP contribution < -0.4 is 5.73 Å². The van der Waals surface area contributed by atoms with Gasteiger partial charge in [0, 0.05) is 18.4 Å². The van der Waals surface area contributed by atoms with Gasteiger partial charge in [-0.1, -0.05) is 18.5 Å². The van der Waals surface area contributed by atoms with Gasteiger partial charge < -0.3 is 5.73 Å². The number of rotatable bonds is 3. The van der Waals surface area contributed by atoms with Crippen molar-refractivity contribution in [3.8, 4) is 0 Å². The third kappa shape index (κ3) is 2.07. The van der Waals surface area contributed by atoms with E-state index in [9.17, 15) is 0 Å². The van der Waals surface area contributed by atoms with Crippen molar-refractivity contribution >= 4 is 11.6 Å². The number of nitrogens with zero attached hydrogens (tertiary/aromatic N) is 1. The molecule has 2 N–H and O–H groups in total. The van der Waals surface area contributed by atoms with Crippen LogP contribution in [-0.4, -0.2) is 11.0 Å². The first-order valence-corrected chi connectivity index (χ1v) is 5.40. The lowest BCUT2D eigenvalue weighted by atomic mass is 10.0. The minimum atomic E-state index is 0.255. The summed E-state index contributed by atoms with van der Waals surface area (Å²) < 4.78 is 0. The van der Waals surface area contributed by atoms with E-state index in [0.717, 1.165) is 22.9 Å². The summed E-state index contributed by atoms with van der Waals surface area (Å²) in [6.07, 6.45) is 5.59. The molecule has 1 aliphatic carbocycles. The molecular formula is C11H15ClN2. The van der Waals surface area contributed by atoms with E-state index in [-0.39, 0.29) is 6.04 Å². The molecule has 0 amide bonds. The Hall–Kier alpha value is -0.600. The molecule has 14 heavy (non-hydrogen) atoms. The zero-order valence-corrected chi connectivity index (χ0v) is 9.04. The lowest BCUT2D eigenvalue weighted by molar-refractivity contribution is 0.560. The van der Waals surface area contributed by atoms with E-state index in [4.69, 9.17) is 17.3 Å². The summed E-state index contributed by atoms with van der Waals surface area (Å²) in [7, 11) is 0. The highest BCUT2D eigenvalue weighted by atomic mass is 35.5. The van der Waals surface area contributed by atoms with Crippen molar-refractivity contribution < 1.29 is 0 Å². The molecule has 1 aliphatic rings. The van der Waals surface area contributed by atoms with Gasteiger partial charge in [0.1, 0.15) is 0 Å². The maximum Gasteiger partial charge on any atom is 0.0621 e. The minimum absolute atomic E-state index is 0.255. The molecule has 3 atom stereocenters. The smallest absolute Gasteiger partial charge is 0.0621 e. The monoisotopic (exact) mass is 210 g/mol. The van der Waals surface area contributed by atoms with E-state index in [1.807, 2.05) is 6.07 Å². The van der Waals surface area contributed by atoms with Crippen molar-refractivity contribution in [3.63, 3.8) is 0 Å². The SMILES string of the molecule is CC1CC1C(N)Cc1ccncc1Cl. The average Bonchev–Trinajstić information content (AvgIpc) is 2.87. The Labute approximate surface area is 89.5 Å². The number of halogens is 1. The third-order valence-electron chi connectivity index (χ3n) is 3.03. The molecule has 0 spiro atoms. The molecule has 3 heteroatoms. The highest BCUT2D eigenvalue weighted by molar-refractivity contribution is 6.31. The van der Waals surface area contributed by atoms with E-state index in [1.54, 1.807) is 12.4 Å². The molecule has 0 saturated heterocycles. The lowest BCUT2D eigenvalue weighted by Crippen LogP contribution is -2.26. The Kier molecular flexibility index (Phi) is 2.75. The molecule has 1 heterocycles. The summed E-state index contributed by atoms with van der Waals surface area (Å²) in [5, 5.41) is 0.733.